The second-order valence-corrected chi connectivity index (χ2v) is 5.65. The van der Waals surface area contributed by atoms with Gasteiger partial charge in [0.2, 0.25) is 0 Å². The Kier molecular flexibility index (Phi) is 4.81. The Morgan fingerprint density at radius 2 is 2.20 bits per heavy atom. The summed E-state index contributed by atoms with van der Waals surface area (Å²) in [6.45, 7) is 7.48. The van der Waals surface area contributed by atoms with Gasteiger partial charge in [0, 0.05) is 0 Å². The molecule has 1 aromatic carbocycles. The number of hydrogen-bond acceptors (Lipinski definition) is 3. The number of rotatable bonds is 6. The number of benzene rings is 1. The van der Waals surface area contributed by atoms with Crippen LogP contribution in [0.25, 0.3) is 0 Å². The molecule has 0 aliphatic heterocycles. The van der Waals surface area contributed by atoms with Gasteiger partial charge in [-0.1, -0.05) is 30.7 Å². The first-order valence-electron chi connectivity index (χ1n) is 7.62. The van der Waals surface area contributed by atoms with Gasteiger partial charge in [-0.25, -0.2) is 0 Å². The monoisotopic (exact) mass is 275 g/mol. The van der Waals surface area contributed by atoms with Gasteiger partial charge in [-0.05, 0) is 50.8 Å². The number of aryl methyl sites for hydroxylation is 2. The van der Waals surface area contributed by atoms with Crippen molar-refractivity contribution in [3.05, 3.63) is 34.9 Å². The Labute approximate surface area is 121 Å². The Bertz CT molecular complexity index is 484. The lowest BCUT2D eigenvalue weighted by Crippen LogP contribution is -2.43. The number of carbonyl (C=O) groups is 1. The molecule has 1 N–H and O–H groups in total. The molecule has 110 valence electrons. The third kappa shape index (κ3) is 3.04. The predicted molar refractivity (Wildman–Crippen MR) is 80.7 cm³/mol. The van der Waals surface area contributed by atoms with E-state index in [0.29, 0.717) is 13.0 Å². The SMILES string of the molecule is CCCNC1(CC(=O)OCC)CCc2ccc(C)cc21. The van der Waals surface area contributed by atoms with Crippen LogP contribution in [0.1, 0.15) is 49.8 Å². The third-order valence-corrected chi connectivity index (χ3v) is 4.07. The Balaban J connectivity index is 2.30. The summed E-state index contributed by atoms with van der Waals surface area (Å²) in [7, 11) is 0. The molecule has 0 bridgehead atoms. The maximum atomic E-state index is 12.0. The van der Waals surface area contributed by atoms with Gasteiger partial charge in [-0.3, -0.25) is 4.79 Å². The summed E-state index contributed by atoms with van der Waals surface area (Å²) in [5.41, 5.74) is 3.67. The van der Waals surface area contributed by atoms with Gasteiger partial charge < -0.3 is 10.1 Å². The molecule has 0 saturated heterocycles. The normalized spacial score (nSPS) is 20.8. The van der Waals surface area contributed by atoms with Gasteiger partial charge in [0.05, 0.1) is 18.6 Å². The first-order chi connectivity index (χ1) is 9.61. The summed E-state index contributed by atoms with van der Waals surface area (Å²) in [5.74, 6) is -0.106. The van der Waals surface area contributed by atoms with Gasteiger partial charge in [0.25, 0.3) is 0 Å². The second kappa shape index (κ2) is 6.40. The molecule has 1 aromatic rings. The van der Waals surface area contributed by atoms with Gasteiger partial charge in [0.15, 0.2) is 0 Å². The van der Waals surface area contributed by atoms with Crippen molar-refractivity contribution in [1.29, 1.82) is 0 Å². The molecule has 0 amide bonds. The van der Waals surface area contributed by atoms with Crippen LogP contribution in [0.3, 0.4) is 0 Å². The summed E-state index contributed by atoms with van der Waals surface area (Å²) >= 11 is 0. The van der Waals surface area contributed by atoms with Crippen LogP contribution >= 0.6 is 0 Å². The molecule has 0 spiro atoms. The van der Waals surface area contributed by atoms with Crippen LogP contribution in [0.4, 0.5) is 0 Å². The topological polar surface area (TPSA) is 38.3 Å². The first kappa shape index (κ1) is 15.0. The Morgan fingerprint density at radius 1 is 1.40 bits per heavy atom. The quantitative estimate of drug-likeness (QED) is 0.811. The zero-order valence-corrected chi connectivity index (χ0v) is 12.8. The summed E-state index contributed by atoms with van der Waals surface area (Å²) in [4.78, 5) is 12.0. The summed E-state index contributed by atoms with van der Waals surface area (Å²) in [6.07, 6.45) is 3.50. The highest BCUT2D eigenvalue weighted by atomic mass is 16.5. The second-order valence-electron chi connectivity index (χ2n) is 5.65. The highest BCUT2D eigenvalue weighted by Crippen LogP contribution is 2.40. The van der Waals surface area contributed by atoms with E-state index in [1.54, 1.807) is 0 Å². The van der Waals surface area contributed by atoms with E-state index in [9.17, 15) is 4.79 Å². The van der Waals surface area contributed by atoms with Crippen LogP contribution in [0.5, 0.6) is 0 Å². The standard InChI is InChI=1S/C17H25NO2/c1-4-10-18-17(12-16(19)20-5-2)9-8-14-7-6-13(3)11-15(14)17/h6-7,11,18H,4-5,8-10,12H2,1-3H3. The van der Waals surface area contributed by atoms with Crippen molar-refractivity contribution < 1.29 is 9.53 Å². The number of fused-ring (bicyclic) bond motifs is 1. The highest BCUT2D eigenvalue weighted by molar-refractivity contribution is 5.72. The molecular weight excluding hydrogens is 250 g/mol. The molecule has 1 unspecified atom stereocenters. The zero-order valence-electron chi connectivity index (χ0n) is 12.8. The van der Waals surface area contributed by atoms with E-state index in [2.05, 4.69) is 37.4 Å². The Hall–Kier alpha value is -1.35. The number of esters is 1. The first-order valence-corrected chi connectivity index (χ1v) is 7.62. The molecule has 2 rings (SSSR count). The van der Waals surface area contributed by atoms with E-state index in [-0.39, 0.29) is 11.5 Å². The Morgan fingerprint density at radius 3 is 2.90 bits per heavy atom. The van der Waals surface area contributed by atoms with E-state index < -0.39 is 0 Å². The van der Waals surface area contributed by atoms with Crippen LogP contribution < -0.4 is 5.32 Å². The zero-order chi connectivity index (χ0) is 14.6. The molecule has 0 aromatic heterocycles. The molecule has 1 aliphatic carbocycles. The van der Waals surface area contributed by atoms with Crippen molar-refractivity contribution in [3.63, 3.8) is 0 Å². The highest BCUT2D eigenvalue weighted by Gasteiger charge is 2.40. The average molecular weight is 275 g/mol. The lowest BCUT2D eigenvalue weighted by atomic mass is 9.87. The number of hydrogen-bond donors (Lipinski definition) is 1. The average Bonchev–Trinajstić information content (AvgIpc) is 2.76. The minimum Gasteiger partial charge on any atom is -0.466 e. The van der Waals surface area contributed by atoms with Crippen LogP contribution in [0.15, 0.2) is 18.2 Å². The minimum absolute atomic E-state index is 0.106. The lowest BCUT2D eigenvalue weighted by molar-refractivity contribution is -0.145. The van der Waals surface area contributed by atoms with Crippen molar-refractivity contribution in [2.75, 3.05) is 13.2 Å². The van der Waals surface area contributed by atoms with Crippen LogP contribution in [-0.2, 0) is 21.5 Å². The summed E-state index contributed by atoms with van der Waals surface area (Å²) < 4.78 is 5.18. The molecule has 0 fully saturated rings. The maximum absolute atomic E-state index is 12.0. The smallest absolute Gasteiger partial charge is 0.308 e. The van der Waals surface area contributed by atoms with E-state index in [1.807, 2.05) is 6.92 Å². The number of nitrogens with one attached hydrogen (secondary N) is 1. The molecular formula is C17H25NO2. The fraction of sp³-hybridized carbons (Fsp3) is 0.588. The summed E-state index contributed by atoms with van der Waals surface area (Å²) in [5, 5.41) is 3.62. The minimum atomic E-state index is -0.233. The fourth-order valence-electron chi connectivity index (χ4n) is 3.09. The van der Waals surface area contributed by atoms with Crippen molar-refractivity contribution >= 4 is 5.97 Å². The molecule has 3 nitrogen and oxygen atoms in total. The van der Waals surface area contributed by atoms with Gasteiger partial charge in [0.1, 0.15) is 0 Å². The number of ether oxygens (including phenoxy) is 1. The molecule has 0 saturated carbocycles. The largest absolute Gasteiger partial charge is 0.466 e. The lowest BCUT2D eigenvalue weighted by Gasteiger charge is -2.31. The van der Waals surface area contributed by atoms with Crippen LogP contribution in [0, 0.1) is 6.92 Å². The van der Waals surface area contributed by atoms with Gasteiger partial charge >= 0.3 is 5.97 Å². The van der Waals surface area contributed by atoms with Crippen LogP contribution in [0.2, 0.25) is 0 Å². The third-order valence-electron chi connectivity index (χ3n) is 4.07. The molecule has 0 heterocycles. The number of carbonyl (C=O) groups excluding carboxylic acids is 1. The van der Waals surface area contributed by atoms with Gasteiger partial charge in [-0.2, -0.15) is 0 Å². The molecule has 1 aliphatic rings. The van der Waals surface area contributed by atoms with Crippen LogP contribution in [-0.4, -0.2) is 19.1 Å². The molecule has 1 atom stereocenters. The molecule has 0 radical (unpaired) electrons. The van der Waals surface area contributed by atoms with Crippen molar-refractivity contribution in [1.82, 2.24) is 5.32 Å². The van der Waals surface area contributed by atoms with E-state index in [4.69, 9.17) is 4.74 Å². The predicted octanol–water partition coefficient (Wildman–Crippen LogP) is 3.09. The van der Waals surface area contributed by atoms with Crippen molar-refractivity contribution in [2.24, 2.45) is 0 Å². The fourth-order valence-corrected chi connectivity index (χ4v) is 3.09. The van der Waals surface area contributed by atoms with E-state index >= 15 is 0 Å². The van der Waals surface area contributed by atoms with E-state index in [0.717, 1.165) is 25.8 Å². The van der Waals surface area contributed by atoms with E-state index in [1.165, 1.54) is 16.7 Å². The summed E-state index contributed by atoms with van der Waals surface area (Å²) in [6, 6.07) is 6.58. The van der Waals surface area contributed by atoms with Crippen molar-refractivity contribution in [3.8, 4) is 0 Å². The molecule has 3 heteroatoms. The molecule has 20 heavy (non-hydrogen) atoms. The maximum Gasteiger partial charge on any atom is 0.308 e. The van der Waals surface area contributed by atoms with Crippen molar-refractivity contribution in [2.45, 2.75) is 52.0 Å². The van der Waals surface area contributed by atoms with Gasteiger partial charge in [-0.15, -0.1) is 0 Å².